The molecule has 0 bridgehead atoms. The maximum Gasteiger partial charge on any atom is 0.237 e. The number of hydrogen-bond acceptors (Lipinski definition) is 4. The van der Waals surface area contributed by atoms with Crippen molar-refractivity contribution in [1.82, 2.24) is 4.98 Å². The molecule has 0 radical (unpaired) electrons. The Bertz CT molecular complexity index is 511. The van der Waals surface area contributed by atoms with E-state index in [1.165, 1.54) is 12.7 Å². The summed E-state index contributed by atoms with van der Waals surface area (Å²) in [5, 5.41) is 6.87. The molecule has 0 saturated carbocycles. The quantitative estimate of drug-likeness (QED) is 0.901. The lowest BCUT2D eigenvalue weighted by molar-refractivity contribution is -0.116. The van der Waals surface area contributed by atoms with E-state index in [1.807, 2.05) is 11.4 Å². The molecule has 0 aliphatic rings. The first kappa shape index (κ1) is 12.6. The molecule has 18 heavy (non-hydrogen) atoms. The Balaban J connectivity index is 1.90. The molecule has 0 aromatic carbocycles. The van der Waals surface area contributed by atoms with Crippen LogP contribution in [-0.4, -0.2) is 18.0 Å². The fraction of sp³-hybridized carbons (Fsp3) is 0.231. The number of nitrogens with one attached hydrogen (secondary N) is 1. The van der Waals surface area contributed by atoms with Crippen LogP contribution in [0.5, 0.6) is 5.88 Å². The van der Waals surface area contributed by atoms with Gasteiger partial charge in [0.15, 0.2) is 0 Å². The molecule has 2 rings (SSSR count). The standard InChI is InChI=1S/C13H14N2O2S/c1-17-13-11(3-2-7-14-13)15-12(16)5-4-10-6-8-18-9-10/h2-3,6-9H,4-5H2,1H3,(H,15,16). The topological polar surface area (TPSA) is 51.2 Å². The van der Waals surface area contributed by atoms with Crippen LogP contribution in [0.3, 0.4) is 0 Å². The normalized spacial score (nSPS) is 10.1. The van der Waals surface area contributed by atoms with Crippen molar-refractivity contribution in [3.8, 4) is 5.88 Å². The van der Waals surface area contributed by atoms with Gasteiger partial charge in [0.1, 0.15) is 5.69 Å². The van der Waals surface area contributed by atoms with Gasteiger partial charge >= 0.3 is 0 Å². The summed E-state index contributed by atoms with van der Waals surface area (Å²) in [5.41, 5.74) is 1.80. The Morgan fingerprint density at radius 3 is 3.11 bits per heavy atom. The van der Waals surface area contributed by atoms with E-state index in [4.69, 9.17) is 4.74 Å². The van der Waals surface area contributed by atoms with Crippen molar-refractivity contribution in [2.45, 2.75) is 12.8 Å². The highest BCUT2D eigenvalue weighted by molar-refractivity contribution is 7.07. The van der Waals surface area contributed by atoms with Gasteiger partial charge in [-0.2, -0.15) is 11.3 Å². The monoisotopic (exact) mass is 262 g/mol. The van der Waals surface area contributed by atoms with E-state index in [0.717, 1.165) is 6.42 Å². The highest BCUT2D eigenvalue weighted by atomic mass is 32.1. The zero-order chi connectivity index (χ0) is 12.8. The third-order valence-electron chi connectivity index (χ3n) is 2.46. The highest BCUT2D eigenvalue weighted by Gasteiger charge is 2.08. The number of rotatable bonds is 5. The second kappa shape index (κ2) is 6.16. The Hall–Kier alpha value is -1.88. The number of amides is 1. The molecule has 4 nitrogen and oxygen atoms in total. The molecule has 0 aliphatic heterocycles. The number of aryl methyl sites for hydroxylation is 1. The Morgan fingerprint density at radius 1 is 1.50 bits per heavy atom. The average Bonchev–Trinajstić information content (AvgIpc) is 2.90. The molecule has 0 unspecified atom stereocenters. The third kappa shape index (κ3) is 3.30. The van der Waals surface area contributed by atoms with Gasteiger partial charge in [0.2, 0.25) is 11.8 Å². The minimum atomic E-state index is -0.0347. The van der Waals surface area contributed by atoms with Crippen LogP contribution < -0.4 is 10.1 Å². The zero-order valence-corrected chi connectivity index (χ0v) is 10.9. The number of ether oxygens (including phenoxy) is 1. The van der Waals surface area contributed by atoms with Crippen LogP contribution in [0.4, 0.5) is 5.69 Å². The smallest absolute Gasteiger partial charge is 0.237 e. The Kier molecular flexibility index (Phi) is 4.30. The average molecular weight is 262 g/mol. The van der Waals surface area contributed by atoms with Crippen molar-refractivity contribution >= 4 is 22.9 Å². The van der Waals surface area contributed by atoms with Crippen molar-refractivity contribution in [3.05, 3.63) is 40.7 Å². The van der Waals surface area contributed by atoms with E-state index in [0.29, 0.717) is 18.0 Å². The molecule has 0 spiro atoms. The van der Waals surface area contributed by atoms with Crippen molar-refractivity contribution in [3.63, 3.8) is 0 Å². The summed E-state index contributed by atoms with van der Waals surface area (Å²) in [6, 6.07) is 5.56. The summed E-state index contributed by atoms with van der Waals surface area (Å²) in [5.74, 6) is 0.397. The van der Waals surface area contributed by atoms with Gasteiger partial charge in [-0.15, -0.1) is 0 Å². The lowest BCUT2D eigenvalue weighted by atomic mass is 10.2. The van der Waals surface area contributed by atoms with Gasteiger partial charge in [0.05, 0.1) is 7.11 Å². The lowest BCUT2D eigenvalue weighted by Gasteiger charge is -2.08. The fourth-order valence-electron chi connectivity index (χ4n) is 1.55. The first-order chi connectivity index (χ1) is 8.79. The number of pyridine rings is 1. The lowest BCUT2D eigenvalue weighted by Crippen LogP contribution is -2.13. The molecular formula is C13H14N2O2S. The van der Waals surface area contributed by atoms with E-state index in [9.17, 15) is 4.79 Å². The number of aromatic nitrogens is 1. The van der Waals surface area contributed by atoms with E-state index in [1.54, 1.807) is 29.7 Å². The molecule has 1 amide bonds. The number of hydrogen-bond donors (Lipinski definition) is 1. The maximum absolute atomic E-state index is 11.8. The Morgan fingerprint density at radius 2 is 2.39 bits per heavy atom. The number of anilines is 1. The summed E-state index contributed by atoms with van der Waals surface area (Å²) in [4.78, 5) is 15.8. The van der Waals surface area contributed by atoms with Gasteiger partial charge in [-0.3, -0.25) is 4.79 Å². The number of thiophene rings is 1. The molecule has 2 aromatic rings. The van der Waals surface area contributed by atoms with Crippen LogP contribution in [0.2, 0.25) is 0 Å². The zero-order valence-electron chi connectivity index (χ0n) is 10.1. The van der Waals surface area contributed by atoms with Crippen molar-refractivity contribution in [2.24, 2.45) is 0 Å². The Labute approximate surface area is 110 Å². The molecule has 5 heteroatoms. The van der Waals surface area contributed by atoms with Gasteiger partial charge in [-0.25, -0.2) is 4.98 Å². The summed E-state index contributed by atoms with van der Waals surface area (Å²) < 4.78 is 5.07. The molecule has 94 valence electrons. The van der Waals surface area contributed by atoms with Crippen molar-refractivity contribution < 1.29 is 9.53 Å². The van der Waals surface area contributed by atoms with Crippen molar-refractivity contribution in [2.75, 3.05) is 12.4 Å². The van der Waals surface area contributed by atoms with E-state index < -0.39 is 0 Å². The van der Waals surface area contributed by atoms with E-state index in [2.05, 4.69) is 15.7 Å². The summed E-state index contributed by atoms with van der Waals surface area (Å²) >= 11 is 1.64. The second-order valence-corrected chi connectivity index (χ2v) is 4.52. The largest absolute Gasteiger partial charge is 0.480 e. The molecule has 0 saturated heterocycles. The van der Waals surface area contributed by atoms with Gasteiger partial charge in [-0.1, -0.05) is 0 Å². The molecule has 0 fully saturated rings. The number of carbonyl (C=O) groups excluding carboxylic acids is 1. The summed E-state index contributed by atoms with van der Waals surface area (Å²) in [7, 11) is 1.53. The van der Waals surface area contributed by atoms with Gasteiger partial charge in [0.25, 0.3) is 0 Å². The SMILES string of the molecule is COc1ncccc1NC(=O)CCc1ccsc1. The van der Waals surface area contributed by atoms with Crippen LogP contribution in [0.15, 0.2) is 35.2 Å². The van der Waals surface area contributed by atoms with Crippen LogP contribution >= 0.6 is 11.3 Å². The second-order valence-electron chi connectivity index (χ2n) is 3.74. The van der Waals surface area contributed by atoms with Gasteiger partial charge in [0, 0.05) is 12.6 Å². The number of carbonyl (C=O) groups is 1. The summed E-state index contributed by atoms with van der Waals surface area (Å²) in [6.07, 6.45) is 2.83. The minimum absolute atomic E-state index is 0.0347. The fourth-order valence-corrected chi connectivity index (χ4v) is 2.26. The molecule has 1 N–H and O–H groups in total. The summed E-state index contributed by atoms with van der Waals surface area (Å²) in [6.45, 7) is 0. The van der Waals surface area contributed by atoms with E-state index >= 15 is 0 Å². The first-order valence-electron chi connectivity index (χ1n) is 5.59. The first-order valence-corrected chi connectivity index (χ1v) is 6.54. The van der Waals surface area contributed by atoms with Gasteiger partial charge in [-0.05, 0) is 40.9 Å². The van der Waals surface area contributed by atoms with E-state index in [-0.39, 0.29) is 5.91 Å². The molecule has 2 heterocycles. The highest BCUT2D eigenvalue weighted by Crippen LogP contribution is 2.20. The minimum Gasteiger partial charge on any atom is -0.480 e. The van der Waals surface area contributed by atoms with Crippen molar-refractivity contribution in [1.29, 1.82) is 0 Å². The van der Waals surface area contributed by atoms with Crippen LogP contribution in [0.25, 0.3) is 0 Å². The molecule has 0 aliphatic carbocycles. The predicted molar refractivity (Wildman–Crippen MR) is 72.1 cm³/mol. The molecular weight excluding hydrogens is 248 g/mol. The van der Waals surface area contributed by atoms with Gasteiger partial charge < -0.3 is 10.1 Å². The third-order valence-corrected chi connectivity index (χ3v) is 3.19. The van der Waals surface area contributed by atoms with Crippen LogP contribution in [0.1, 0.15) is 12.0 Å². The van der Waals surface area contributed by atoms with Crippen LogP contribution in [-0.2, 0) is 11.2 Å². The van der Waals surface area contributed by atoms with Crippen LogP contribution in [0, 0.1) is 0 Å². The number of nitrogens with zero attached hydrogens (tertiary/aromatic N) is 1. The molecule has 2 aromatic heterocycles. The maximum atomic E-state index is 11.8. The number of methoxy groups -OCH3 is 1. The predicted octanol–water partition coefficient (Wildman–Crippen LogP) is 2.72. The molecule has 0 atom stereocenters.